The maximum Gasteiger partial charge on any atom is 0.0611 e. The second-order valence-corrected chi connectivity index (χ2v) is 4.32. The normalized spacial score (nSPS) is 24.7. The Morgan fingerprint density at radius 2 is 2.42 bits per heavy atom. The molecule has 1 aliphatic heterocycles. The topological polar surface area (TPSA) is 15.3 Å². The summed E-state index contributed by atoms with van der Waals surface area (Å²) in [6, 6.07) is 0. The highest BCUT2D eigenvalue weighted by Crippen LogP contribution is 2.22. The maximum atomic E-state index is 3.43. The Morgan fingerprint density at radius 1 is 1.67 bits per heavy atom. The number of hydrogen-bond donors (Lipinski definition) is 1. The zero-order chi connectivity index (χ0) is 8.97. The first kappa shape index (κ1) is 9.93. The van der Waals surface area contributed by atoms with Gasteiger partial charge in [-0.3, -0.25) is 4.90 Å². The van der Waals surface area contributed by atoms with Crippen molar-refractivity contribution in [1.82, 2.24) is 10.2 Å². The fourth-order valence-electron chi connectivity index (χ4n) is 1.21. The van der Waals surface area contributed by atoms with E-state index >= 15 is 0 Å². The average molecular weight is 186 g/mol. The minimum atomic E-state index is 0.640. The molecule has 1 rings (SSSR count). The number of thioether (sulfide) groups is 1. The lowest BCUT2D eigenvalue weighted by molar-refractivity contribution is 0.367. The lowest BCUT2D eigenvalue weighted by atomic mass is 10.3. The van der Waals surface area contributed by atoms with Gasteiger partial charge in [-0.2, -0.15) is 0 Å². The smallest absolute Gasteiger partial charge is 0.0611 e. The standard InChI is InChI=1S/C9H18N2S/c1-4-8-7-12-9(11(2)3)5-6-10-8/h7,9-10H,4-6H2,1-3H3. The van der Waals surface area contributed by atoms with Gasteiger partial charge in [0, 0.05) is 12.2 Å². The quantitative estimate of drug-likeness (QED) is 0.708. The van der Waals surface area contributed by atoms with E-state index in [1.807, 2.05) is 11.8 Å². The van der Waals surface area contributed by atoms with Gasteiger partial charge in [-0.1, -0.05) is 6.92 Å². The molecule has 0 amide bonds. The Bertz CT molecular complexity index is 166. The van der Waals surface area contributed by atoms with Crippen molar-refractivity contribution < 1.29 is 0 Å². The van der Waals surface area contributed by atoms with Crippen LogP contribution in [0.3, 0.4) is 0 Å². The summed E-state index contributed by atoms with van der Waals surface area (Å²) in [4.78, 5) is 2.28. The fourth-order valence-corrected chi connectivity index (χ4v) is 2.28. The van der Waals surface area contributed by atoms with Crippen LogP contribution >= 0.6 is 11.8 Å². The van der Waals surface area contributed by atoms with Crippen LogP contribution in [0, 0.1) is 0 Å². The zero-order valence-electron chi connectivity index (χ0n) is 8.13. The van der Waals surface area contributed by atoms with Crippen LogP contribution in [-0.2, 0) is 0 Å². The molecular weight excluding hydrogens is 168 g/mol. The highest BCUT2D eigenvalue weighted by molar-refractivity contribution is 8.02. The molecule has 12 heavy (non-hydrogen) atoms. The van der Waals surface area contributed by atoms with Crippen molar-refractivity contribution in [2.45, 2.75) is 25.1 Å². The Labute approximate surface area is 79.4 Å². The molecule has 0 saturated heterocycles. The predicted molar refractivity (Wildman–Crippen MR) is 56.1 cm³/mol. The lowest BCUT2D eigenvalue weighted by Crippen LogP contribution is -2.26. The van der Waals surface area contributed by atoms with Gasteiger partial charge in [0.05, 0.1) is 5.37 Å². The summed E-state index contributed by atoms with van der Waals surface area (Å²) >= 11 is 1.93. The molecule has 0 saturated carbocycles. The van der Waals surface area contributed by atoms with Crippen molar-refractivity contribution in [3.63, 3.8) is 0 Å². The van der Waals surface area contributed by atoms with Gasteiger partial charge in [0.25, 0.3) is 0 Å². The second-order valence-electron chi connectivity index (χ2n) is 3.27. The minimum Gasteiger partial charge on any atom is -0.388 e. The first-order chi connectivity index (χ1) is 5.74. The Morgan fingerprint density at radius 3 is 3.00 bits per heavy atom. The van der Waals surface area contributed by atoms with E-state index in [2.05, 4.69) is 36.6 Å². The Hall–Kier alpha value is -0.150. The van der Waals surface area contributed by atoms with Crippen LogP contribution in [-0.4, -0.2) is 30.9 Å². The largest absolute Gasteiger partial charge is 0.388 e. The number of nitrogens with zero attached hydrogens (tertiary/aromatic N) is 1. The molecule has 0 aromatic carbocycles. The number of hydrogen-bond acceptors (Lipinski definition) is 3. The van der Waals surface area contributed by atoms with Crippen LogP contribution in [0.25, 0.3) is 0 Å². The van der Waals surface area contributed by atoms with E-state index < -0.39 is 0 Å². The molecular formula is C9H18N2S. The lowest BCUT2D eigenvalue weighted by Gasteiger charge is -2.20. The average Bonchev–Trinajstić information content (AvgIpc) is 2.28. The van der Waals surface area contributed by atoms with E-state index in [4.69, 9.17) is 0 Å². The van der Waals surface area contributed by atoms with Gasteiger partial charge in [-0.05, 0) is 32.3 Å². The molecule has 70 valence electrons. The number of rotatable bonds is 2. The van der Waals surface area contributed by atoms with E-state index in [9.17, 15) is 0 Å². The van der Waals surface area contributed by atoms with Gasteiger partial charge in [-0.25, -0.2) is 0 Å². The van der Waals surface area contributed by atoms with Crippen LogP contribution < -0.4 is 5.32 Å². The molecule has 0 aromatic rings. The molecule has 0 aliphatic carbocycles. The van der Waals surface area contributed by atoms with Gasteiger partial charge < -0.3 is 5.32 Å². The molecule has 1 N–H and O–H groups in total. The third-order valence-corrected chi connectivity index (χ3v) is 3.46. The molecule has 0 spiro atoms. The monoisotopic (exact) mass is 186 g/mol. The number of nitrogens with one attached hydrogen (secondary N) is 1. The molecule has 3 heteroatoms. The fraction of sp³-hybridized carbons (Fsp3) is 0.778. The van der Waals surface area contributed by atoms with Crippen molar-refractivity contribution in [2.24, 2.45) is 0 Å². The van der Waals surface area contributed by atoms with Crippen molar-refractivity contribution >= 4 is 11.8 Å². The molecule has 1 unspecified atom stereocenters. The van der Waals surface area contributed by atoms with Crippen molar-refractivity contribution in [3.8, 4) is 0 Å². The van der Waals surface area contributed by atoms with E-state index in [1.54, 1.807) is 0 Å². The summed E-state index contributed by atoms with van der Waals surface area (Å²) in [5, 5.41) is 6.33. The first-order valence-corrected chi connectivity index (χ1v) is 5.43. The van der Waals surface area contributed by atoms with Gasteiger partial charge in [0.1, 0.15) is 0 Å². The Kier molecular flexibility index (Phi) is 3.95. The van der Waals surface area contributed by atoms with Crippen LogP contribution in [0.2, 0.25) is 0 Å². The maximum absolute atomic E-state index is 3.43. The highest BCUT2D eigenvalue weighted by Gasteiger charge is 2.13. The third kappa shape index (κ3) is 2.72. The van der Waals surface area contributed by atoms with Crippen LogP contribution in [0.15, 0.2) is 11.1 Å². The summed E-state index contributed by atoms with van der Waals surface area (Å²) in [6.07, 6.45) is 2.34. The van der Waals surface area contributed by atoms with Gasteiger partial charge in [0.2, 0.25) is 0 Å². The van der Waals surface area contributed by atoms with E-state index in [0.717, 1.165) is 13.0 Å². The van der Waals surface area contributed by atoms with Gasteiger partial charge >= 0.3 is 0 Å². The number of allylic oxidation sites excluding steroid dienone is 1. The SMILES string of the molecule is CCC1=CSC(N(C)C)CCN1. The summed E-state index contributed by atoms with van der Waals surface area (Å²) in [5.41, 5.74) is 1.38. The predicted octanol–water partition coefficient (Wildman–Crippen LogP) is 1.85. The molecule has 1 atom stereocenters. The summed E-state index contributed by atoms with van der Waals surface area (Å²) in [6.45, 7) is 3.30. The molecule has 1 aliphatic rings. The Balaban J connectivity index is 2.48. The molecule has 0 radical (unpaired) electrons. The van der Waals surface area contributed by atoms with Crippen molar-refractivity contribution in [3.05, 3.63) is 11.1 Å². The molecule has 0 bridgehead atoms. The molecule has 2 nitrogen and oxygen atoms in total. The third-order valence-electron chi connectivity index (χ3n) is 2.07. The minimum absolute atomic E-state index is 0.640. The second kappa shape index (κ2) is 4.77. The van der Waals surface area contributed by atoms with Crippen LogP contribution in [0.5, 0.6) is 0 Å². The van der Waals surface area contributed by atoms with Crippen molar-refractivity contribution in [1.29, 1.82) is 0 Å². The highest BCUT2D eigenvalue weighted by atomic mass is 32.2. The van der Waals surface area contributed by atoms with E-state index in [1.165, 1.54) is 12.1 Å². The summed E-state index contributed by atoms with van der Waals surface area (Å²) < 4.78 is 0. The van der Waals surface area contributed by atoms with Gasteiger partial charge in [-0.15, -0.1) is 11.8 Å². The summed E-state index contributed by atoms with van der Waals surface area (Å²) in [5.74, 6) is 0. The molecule has 0 fully saturated rings. The molecule has 1 heterocycles. The molecule has 0 aromatic heterocycles. The first-order valence-electron chi connectivity index (χ1n) is 4.49. The van der Waals surface area contributed by atoms with Crippen molar-refractivity contribution in [2.75, 3.05) is 20.6 Å². The summed E-state index contributed by atoms with van der Waals surface area (Å²) in [7, 11) is 4.28. The van der Waals surface area contributed by atoms with E-state index in [0.29, 0.717) is 5.37 Å². The van der Waals surface area contributed by atoms with Crippen LogP contribution in [0.1, 0.15) is 19.8 Å². The van der Waals surface area contributed by atoms with Gasteiger partial charge in [0.15, 0.2) is 0 Å². The van der Waals surface area contributed by atoms with E-state index in [-0.39, 0.29) is 0 Å². The zero-order valence-corrected chi connectivity index (χ0v) is 8.95. The van der Waals surface area contributed by atoms with Crippen LogP contribution in [0.4, 0.5) is 0 Å².